The molecule has 0 bridgehead atoms. The van der Waals surface area contributed by atoms with Crippen LogP contribution in [0.15, 0.2) is 53.4 Å². The Morgan fingerprint density at radius 1 is 1.14 bits per heavy atom. The van der Waals surface area contributed by atoms with E-state index in [4.69, 9.17) is 4.74 Å². The van der Waals surface area contributed by atoms with Crippen LogP contribution in [0.3, 0.4) is 0 Å². The van der Waals surface area contributed by atoms with Gasteiger partial charge in [0.15, 0.2) is 0 Å². The second kappa shape index (κ2) is 9.27. The minimum atomic E-state index is -4.67. The van der Waals surface area contributed by atoms with Crippen LogP contribution in [0.1, 0.15) is 31.0 Å². The van der Waals surface area contributed by atoms with Gasteiger partial charge in [0.05, 0.1) is 29.7 Å². The molecular weight excluding hydrogens is 409 g/mol. The fourth-order valence-electron chi connectivity index (χ4n) is 2.48. The van der Waals surface area contributed by atoms with Gasteiger partial charge in [-0.3, -0.25) is 4.79 Å². The molecule has 1 amide bonds. The fourth-order valence-corrected chi connectivity index (χ4v) is 3.51. The van der Waals surface area contributed by atoms with Crippen molar-refractivity contribution in [3.05, 3.63) is 59.7 Å². The number of halogens is 3. The van der Waals surface area contributed by atoms with Crippen LogP contribution in [-0.4, -0.2) is 27.5 Å². The van der Waals surface area contributed by atoms with Crippen molar-refractivity contribution in [2.45, 2.75) is 31.0 Å². The largest absolute Gasteiger partial charge is 0.494 e. The monoisotopic (exact) mass is 430 g/mol. The third-order valence-corrected chi connectivity index (χ3v) is 5.36. The van der Waals surface area contributed by atoms with E-state index in [0.717, 1.165) is 23.8 Å². The van der Waals surface area contributed by atoms with Crippen LogP contribution < -0.4 is 14.8 Å². The molecule has 0 aromatic heterocycles. The number of sulfonamides is 1. The van der Waals surface area contributed by atoms with E-state index in [1.807, 2.05) is 11.6 Å². The van der Waals surface area contributed by atoms with E-state index < -0.39 is 45.2 Å². The van der Waals surface area contributed by atoms with E-state index >= 15 is 0 Å². The van der Waals surface area contributed by atoms with E-state index in [-0.39, 0.29) is 0 Å². The Kier molecular flexibility index (Phi) is 7.26. The number of carbonyl (C=O) groups excluding carboxylic acids is 1. The quantitative estimate of drug-likeness (QED) is 0.673. The summed E-state index contributed by atoms with van der Waals surface area (Å²) in [6.45, 7) is 3.49. The lowest BCUT2D eigenvalue weighted by Crippen LogP contribution is -2.38. The first-order valence-electron chi connectivity index (χ1n) is 8.72. The smallest absolute Gasteiger partial charge is 0.416 e. The normalized spacial score (nSPS) is 13.0. The first-order chi connectivity index (χ1) is 13.5. The molecule has 0 saturated heterocycles. The van der Waals surface area contributed by atoms with Crippen LogP contribution >= 0.6 is 0 Å². The highest BCUT2D eigenvalue weighted by atomic mass is 32.2. The molecule has 10 heteroatoms. The van der Waals surface area contributed by atoms with Crippen molar-refractivity contribution >= 4 is 15.9 Å². The maximum atomic E-state index is 12.8. The summed E-state index contributed by atoms with van der Waals surface area (Å²) < 4.78 is 70.0. The van der Waals surface area contributed by atoms with Crippen molar-refractivity contribution in [1.29, 1.82) is 0 Å². The third-order valence-electron chi connectivity index (χ3n) is 3.96. The number of alkyl halides is 3. The molecular formula is C19H21F3N2O4S. The lowest BCUT2D eigenvalue weighted by Gasteiger charge is -2.15. The summed E-state index contributed by atoms with van der Waals surface area (Å²) >= 11 is 0. The number of hydrogen-bond acceptors (Lipinski definition) is 4. The molecule has 0 spiro atoms. The topological polar surface area (TPSA) is 84.5 Å². The Balaban J connectivity index is 1.97. The highest BCUT2D eigenvalue weighted by molar-refractivity contribution is 7.89. The number of carbonyl (C=O) groups is 1. The molecule has 1 atom stereocenters. The van der Waals surface area contributed by atoms with Gasteiger partial charge in [-0.25, -0.2) is 13.1 Å². The molecule has 2 aromatic carbocycles. The van der Waals surface area contributed by atoms with Crippen molar-refractivity contribution < 1.29 is 31.1 Å². The van der Waals surface area contributed by atoms with Gasteiger partial charge in [0.1, 0.15) is 5.75 Å². The number of rotatable bonds is 8. The molecule has 0 fully saturated rings. The predicted octanol–water partition coefficient (Wildman–Crippen LogP) is 3.26. The summed E-state index contributed by atoms with van der Waals surface area (Å²) in [5.74, 6) is 0.0607. The van der Waals surface area contributed by atoms with Crippen molar-refractivity contribution in [3.63, 3.8) is 0 Å². The maximum Gasteiger partial charge on any atom is 0.416 e. The van der Waals surface area contributed by atoms with Crippen LogP contribution in [0.5, 0.6) is 5.75 Å². The standard InChI is InChI=1S/C19H21F3N2O4S/c1-3-28-16-9-7-14(8-10-16)13(2)24-18(25)12-23-29(26,27)17-6-4-5-15(11-17)19(20,21)22/h4-11,13,23H,3,12H2,1-2H3,(H,24,25). The van der Waals surface area contributed by atoms with Crippen LogP contribution in [0.4, 0.5) is 13.2 Å². The summed E-state index contributed by atoms with van der Waals surface area (Å²) in [5, 5.41) is 2.62. The molecule has 0 saturated carbocycles. The molecule has 6 nitrogen and oxygen atoms in total. The average molecular weight is 430 g/mol. The van der Waals surface area contributed by atoms with Crippen molar-refractivity contribution in [2.24, 2.45) is 0 Å². The van der Waals surface area contributed by atoms with E-state index in [2.05, 4.69) is 5.32 Å². The van der Waals surface area contributed by atoms with E-state index in [0.29, 0.717) is 18.4 Å². The van der Waals surface area contributed by atoms with E-state index in [1.165, 1.54) is 0 Å². The number of benzene rings is 2. The molecule has 0 aliphatic carbocycles. The van der Waals surface area contributed by atoms with Gasteiger partial charge in [-0.05, 0) is 49.7 Å². The second-order valence-electron chi connectivity index (χ2n) is 6.14. The van der Waals surface area contributed by atoms with Gasteiger partial charge in [-0.15, -0.1) is 0 Å². The molecule has 0 heterocycles. The Morgan fingerprint density at radius 2 is 1.79 bits per heavy atom. The van der Waals surface area contributed by atoms with Gasteiger partial charge < -0.3 is 10.1 Å². The summed E-state index contributed by atoms with van der Waals surface area (Å²) in [6, 6.07) is 9.92. The number of hydrogen-bond donors (Lipinski definition) is 2. The molecule has 2 rings (SSSR count). The zero-order valence-electron chi connectivity index (χ0n) is 15.8. The molecule has 29 heavy (non-hydrogen) atoms. The highest BCUT2D eigenvalue weighted by Gasteiger charge is 2.31. The number of ether oxygens (including phenoxy) is 1. The molecule has 0 aliphatic rings. The second-order valence-corrected chi connectivity index (χ2v) is 7.91. The van der Waals surface area contributed by atoms with Crippen LogP contribution in [-0.2, 0) is 21.0 Å². The van der Waals surface area contributed by atoms with Crippen LogP contribution in [0.2, 0.25) is 0 Å². The lowest BCUT2D eigenvalue weighted by molar-refractivity contribution is -0.137. The van der Waals surface area contributed by atoms with Crippen molar-refractivity contribution in [2.75, 3.05) is 13.2 Å². The zero-order valence-corrected chi connectivity index (χ0v) is 16.6. The van der Waals surface area contributed by atoms with E-state index in [1.54, 1.807) is 31.2 Å². The van der Waals surface area contributed by atoms with Gasteiger partial charge in [0.2, 0.25) is 15.9 Å². The predicted molar refractivity (Wildman–Crippen MR) is 101 cm³/mol. The average Bonchev–Trinajstić information content (AvgIpc) is 2.67. The fraction of sp³-hybridized carbons (Fsp3) is 0.316. The minimum absolute atomic E-state index is 0.406. The SMILES string of the molecule is CCOc1ccc(C(C)NC(=O)CNS(=O)(=O)c2cccc(C(F)(F)F)c2)cc1. The molecule has 2 N–H and O–H groups in total. The van der Waals surface area contributed by atoms with Gasteiger partial charge in [0.25, 0.3) is 0 Å². The van der Waals surface area contributed by atoms with Crippen LogP contribution in [0, 0.1) is 0 Å². The van der Waals surface area contributed by atoms with Crippen molar-refractivity contribution in [1.82, 2.24) is 10.0 Å². The summed E-state index contributed by atoms with van der Waals surface area (Å²) in [4.78, 5) is 11.5. The first kappa shape index (κ1) is 22.7. The summed E-state index contributed by atoms with van der Waals surface area (Å²) in [5.41, 5.74) is -0.309. The molecule has 0 aliphatic heterocycles. The Bertz CT molecular complexity index is 945. The lowest BCUT2D eigenvalue weighted by atomic mass is 10.1. The molecule has 2 aromatic rings. The third kappa shape index (κ3) is 6.47. The Morgan fingerprint density at radius 3 is 2.38 bits per heavy atom. The summed E-state index contributed by atoms with van der Waals surface area (Å²) in [6.07, 6.45) is -4.67. The van der Waals surface area contributed by atoms with Crippen molar-refractivity contribution in [3.8, 4) is 5.75 Å². The first-order valence-corrected chi connectivity index (χ1v) is 10.2. The minimum Gasteiger partial charge on any atom is -0.494 e. The van der Waals surface area contributed by atoms with Gasteiger partial charge in [-0.1, -0.05) is 18.2 Å². The van der Waals surface area contributed by atoms with E-state index in [9.17, 15) is 26.4 Å². The molecule has 1 unspecified atom stereocenters. The molecule has 0 radical (unpaired) electrons. The highest BCUT2D eigenvalue weighted by Crippen LogP contribution is 2.30. The van der Waals surface area contributed by atoms with Crippen LogP contribution in [0.25, 0.3) is 0 Å². The van der Waals surface area contributed by atoms with Gasteiger partial charge in [0, 0.05) is 0 Å². The maximum absolute atomic E-state index is 12.8. The number of nitrogens with one attached hydrogen (secondary N) is 2. The Hall–Kier alpha value is -2.59. The van der Waals surface area contributed by atoms with Gasteiger partial charge >= 0.3 is 6.18 Å². The molecule has 158 valence electrons. The number of amides is 1. The Labute approximate surface area is 167 Å². The summed E-state index contributed by atoms with van der Waals surface area (Å²) in [7, 11) is -4.28. The zero-order chi connectivity index (χ0) is 21.7. The van der Waals surface area contributed by atoms with Gasteiger partial charge in [-0.2, -0.15) is 13.2 Å².